The number of carbonyl (C=O) groups is 3. The molecule has 0 aliphatic rings. The molecular formula is C85H136O16P2. The van der Waals surface area contributed by atoms with E-state index in [9.17, 15) is 43.5 Å². The van der Waals surface area contributed by atoms with Gasteiger partial charge >= 0.3 is 33.6 Å². The van der Waals surface area contributed by atoms with Crippen LogP contribution in [0.1, 0.15) is 265 Å². The van der Waals surface area contributed by atoms with Gasteiger partial charge in [-0.3, -0.25) is 32.5 Å². The summed E-state index contributed by atoms with van der Waals surface area (Å²) in [5.74, 6) is -1.65. The quantitative estimate of drug-likeness (QED) is 0.0146. The smallest absolute Gasteiger partial charge is 0.463 e. The Labute approximate surface area is 623 Å². The van der Waals surface area contributed by atoms with E-state index in [0.29, 0.717) is 19.3 Å². The first-order chi connectivity index (χ1) is 50.2. The van der Waals surface area contributed by atoms with E-state index in [0.717, 1.165) is 205 Å². The lowest BCUT2D eigenvalue weighted by atomic mass is 10.1. The van der Waals surface area contributed by atoms with Gasteiger partial charge in [0.2, 0.25) is 0 Å². The number of carbonyl (C=O) groups excluding carboxylic acids is 3. The van der Waals surface area contributed by atoms with Crippen LogP contribution in [0.5, 0.6) is 0 Å². The molecule has 0 saturated carbocycles. The third-order valence-electron chi connectivity index (χ3n) is 15.3. The normalized spacial score (nSPS) is 15.1. The highest BCUT2D eigenvalue weighted by Gasteiger charge is 2.29. The van der Waals surface area contributed by atoms with Gasteiger partial charge in [0.15, 0.2) is 6.10 Å². The standard InChI is InChI=1S/C85H136O16P2/c1-4-7-10-13-16-19-22-25-28-31-34-36-38-39-41-43-45-47-50-53-56-59-62-65-68-71-83(88)95-74-80(86)75-97-102(91,92)98-76-81(87)77-99-103(93,94)100-79-82(101-85(90)73-70-67-64-61-58-55-52-49-44-33-30-27-24-21-18-15-12-9-6-3)78-96-84(89)72-69-66-63-60-57-54-51-48-46-42-40-37-35-32-29-26-23-20-17-14-11-8-5-2/h7-12,16-21,25-30,34-37,39,41-42,44-47,49,55,58,80-82,86-87H,4-6,13-15,22-24,31-33,38,40,43,48,50-54,56-57,59-79H2,1-3H3,(H,91,92)(H,93,94)/b10-7-,11-8-,12-9-,19-16-,20-17-,21-18-,28-25-,29-26-,30-27-,36-34-,37-35-,41-39-,46-42-,47-45-,49-44-,58-55-. The zero-order chi connectivity index (χ0) is 75.2. The number of hydrogen-bond acceptors (Lipinski definition) is 14. The molecule has 0 spiro atoms. The molecule has 0 heterocycles. The average Bonchev–Trinajstić information content (AvgIpc) is 0.922. The first kappa shape index (κ1) is 97.4. The van der Waals surface area contributed by atoms with Crippen LogP contribution in [0.15, 0.2) is 194 Å². The van der Waals surface area contributed by atoms with Crippen LogP contribution in [-0.4, -0.2) is 95.9 Å². The molecule has 0 aromatic carbocycles. The van der Waals surface area contributed by atoms with Gasteiger partial charge in [0.05, 0.1) is 26.4 Å². The van der Waals surface area contributed by atoms with Crippen molar-refractivity contribution < 1.29 is 75.8 Å². The minimum absolute atomic E-state index is 0.0542. The second-order valence-corrected chi connectivity index (χ2v) is 27.9. The SMILES string of the molecule is CC/C=C\C/C=C\C/C=C\C/C=C\C/C=C\C/C=C\CCCCCCCCC(=O)OCC(O)COP(=O)(O)OCC(O)COP(=O)(O)OCC(COC(=O)CCCCCCCCC/C=C\C/C=C\C/C=C\C/C=C\C/C=C\CC)OC(=O)CCCCC/C=C\C/C=C\C/C=C\C/C=C\C/C=C\CC. The molecule has 16 nitrogen and oxygen atoms in total. The number of phosphoric ester groups is 2. The number of hydrogen-bond donors (Lipinski definition) is 4. The van der Waals surface area contributed by atoms with Crippen molar-refractivity contribution in [3.05, 3.63) is 194 Å². The maximum atomic E-state index is 13.0. The summed E-state index contributed by atoms with van der Waals surface area (Å²) in [7, 11) is -9.83. The van der Waals surface area contributed by atoms with Gasteiger partial charge in [-0.15, -0.1) is 0 Å². The molecule has 0 rings (SSSR count). The molecular weight excluding hydrogens is 1340 g/mol. The van der Waals surface area contributed by atoms with E-state index in [1.165, 1.54) is 0 Å². The predicted octanol–water partition coefficient (Wildman–Crippen LogP) is 22.8. The Hall–Kier alpha value is -5.61. The lowest BCUT2D eigenvalue weighted by molar-refractivity contribution is -0.161. The van der Waals surface area contributed by atoms with Crippen molar-refractivity contribution in [2.45, 2.75) is 283 Å². The van der Waals surface area contributed by atoms with E-state index >= 15 is 0 Å². The molecule has 0 amide bonds. The van der Waals surface area contributed by atoms with Crippen molar-refractivity contribution in [1.29, 1.82) is 0 Å². The van der Waals surface area contributed by atoms with Gasteiger partial charge in [0, 0.05) is 19.3 Å². The van der Waals surface area contributed by atoms with Gasteiger partial charge in [-0.2, -0.15) is 0 Å². The van der Waals surface area contributed by atoms with Crippen LogP contribution in [0, 0.1) is 0 Å². The van der Waals surface area contributed by atoms with Crippen LogP contribution in [0.3, 0.4) is 0 Å². The van der Waals surface area contributed by atoms with Gasteiger partial charge < -0.3 is 34.2 Å². The molecule has 582 valence electrons. The molecule has 0 bridgehead atoms. The molecule has 0 fully saturated rings. The number of aliphatic hydroxyl groups is 2. The molecule has 0 aromatic heterocycles. The minimum atomic E-state index is -4.96. The summed E-state index contributed by atoms with van der Waals surface area (Å²) in [4.78, 5) is 58.7. The second-order valence-electron chi connectivity index (χ2n) is 25.0. The average molecular weight is 1480 g/mol. The zero-order valence-electron chi connectivity index (χ0n) is 63.4. The molecule has 0 aliphatic carbocycles. The van der Waals surface area contributed by atoms with E-state index in [2.05, 4.69) is 215 Å². The van der Waals surface area contributed by atoms with Gasteiger partial charge in [-0.05, 0) is 161 Å². The fraction of sp³-hybridized carbons (Fsp3) is 0.588. The Morgan fingerprint density at radius 3 is 0.777 bits per heavy atom. The Kier molecular flexibility index (Phi) is 71.9. The van der Waals surface area contributed by atoms with Gasteiger partial charge in [0.1, 0.15) is 25.4 Å². The molecule has 5 unspecified atom stereocenters. The highest BCUT2D eigenvalue weighted by Crippen LogP contribution is 2.45. The molecule has 0 radical (unpaired) electrons. The molecule has 18 heteroatoms. The van der Waals surface area contributed by atoms with Crippen LogP contribution < -0.4 is 0 Å². The first-order valence-electron chi connectivity index (χ1n) is 38.7. The summed E-state index contributed by atoms with van der Waals surface area (Å²) < 4.78 is 61.1. The zero-order valence-corrected chi connectivity index (χ0v) is 65.2. The van der Waals surface area contributed by atoms with E-state index in [4.69, 9.17) is 32.3 Å². The number of rotatable bonds is 71. The summed E-state index contributed by atoms with van der Waals surface area (Å²) in [6.45, 7) is 2.24. The monoisotopic (exact) mass is 1470 g/mol. The number of phosphoric acid groups is 2. The predicted molar refractivity (Wildman–Crippen MR) is 426 cm³/mol. The number of unbranched alkanes of at least 4 members (excludes halogenated alkanes) is 16. The Morgan fingerprint density at radius 2 is 0.485 bits per heavy atom. The molecule has 5 atom stereocenters. The highest BCUT2D eigenvalue weighted by molar-refractivity contribution is 7.47. The lowest BCUT2D eigenvalue weighted by Gasteiger charge is -2.21. The Balaban J connectivity index is 4.75. The van der Waals surface area contributed by atoms with Crippen LogP contribution in [0.25, 0.3) is 0 Å². The number of ether oxygens (including phenoxy) is 3. The summed E-state index contributed by atoms with van der Waals surface area (Å²) in [6.07, 6.45) is 98.9. The summed E-state index contributed by atoms with van der Waals surface area (Å²) in [5.41, 5.74) is 0. The molecule has 0 saturated heterocycles. The maximum absolute atomic E-state index is 13.0. The van der Waals surface area contributed by atoms with Crippen molar-refractivity contribution in [2.75, 3.05) is 39.6 Å². The van der Waals surface area contributed by atoms with Crippen LogP contribution in [0.2, 0.25) is 0 Å². The summed E-state index contributed by atoms with van der Waals surface area (Å²) in [6, 6.07) is 0. The molecule has 0 aliphatic heterocycles. The van der Waals surface area contributed by atoms with E-state index in [-0.39, 0.29) is 19.3 Å². The first-order valence-corrected chi connectivity index (χ1v) is 41.7. The van der Waals surface area contributed by atoms with E-state index < -0.39 is 91.5 Å². The van der Waals surface area contributed by atoms with Crippen LogP contribution in [0.4, 0.5) is 0 Å². The Morgan fingerprint density at radius 1 is 0.272 bits per heavy atom. The second kappa shape index (κ2) is 76.1. The number of aliphatic hydroxyl groups excluding tert-OH is 2. The highest BCUT2D eigenvalue weighted by atomic mass is 31.2. The van der Waals surface area contributed by atoms with Crippen molar-refractivity contribution in [1.82, 2.24) is 0 Å². The van der Waals surface area contributed by atoms with Crippen LogP contribution in [-0.2, 0) is 55.8 Å². The van der Waals surface area contributed by atoms with E-state index in [1.807, 2.05) is 0 Å². The molecule has 103 heavy (non-hydrogen) atoms. The Bertz CT molecular complexity index is 2650. The molecule has 4 N–H and O–H groups in total. The van der Waals surface area contributed by atoms with Crippen molar-refractivity contribution in [3.8, 4) is 0 Å². The third-order valence-corrected chi connectivity index (χ3v) is 17.2. The third kappa shape index (κ3) is 77.3. The fourth-order valence-corrected chi connectivity index (χ4v) is 11.1. The number of allylic oxidation sites excluding steroid dienone is 32. The largest absolute Gasteiger partial charge is 0.472 e. The minimum Gasteiger partial charge on any atom is -0.463 e. The topological polar surface area (TPSA) is 231 Å². The maximum Gasteiger partial charge on any atom is 0.472 e. The van der Waals surface area contributed by atoms with Crippen molar-refractivity contribution in [3.63, 3.8) is 0 Å². The fourth-order valence-electron chi connectivity index (χ4n) is 9.51. The summed E-state index contributed by atoms with van der Waals surface area (Å²) in [5, 5.41) is 20.6. The van der Waals surface area contributed by atoms with Gasteiger partial charge in [-0.1, -0.05) is 279 Å². The van der Waals surface area contributed by atoms with Crippen LogP contribution >= 0.6 is 15.6 Å². The van der Waals surface area contributed by atoms with Crippen molar-refractivity contribution >= 4 is 33.6 Å². The van der Waals surface area contributed by atoms with E-state index in [1.54, 1.807) is 0 Å². The number of esters is 3. The summed E-state index contributed by atoms with van der Waals surface area (Å²) >= 11 is 0. The van der Waals surface area contributed by atoms with Crippen molar-refractivity contribution in [2.24, 2.45) is 0 Å². The molecule has 0 aromatic rings. The van der Waals surface area contributed by atoms with Gasteiger partial charge in [-0.25, -0.2) is 9.13 Å². The lowest BCUT2D eigenvalue weighted by Crippen LogP contribution is -2.30. The van der Waals surface area contributed by atoms with Gasteiger partial charge in [0.25, 0.3) is 0 Å².